The molecule has 1 aromatic rings. The Hall–Kier alpha value is -1.24. The molecule has 0 aromatic heterocycles. The van der Waals surface area contributed by atoms with Crippen LogP contribution < -0.4 is 5.14 Å². The van der Waals surface area contributed by atoms with Crippen molar-refractivity contribution in [1.82, 2.24) is 0 Å². The van der Waals surface area contributed by atoms with Gasteiger partial charge in [-0.05, 0) is 105 Å². The first-order valence-corrected chi connectivity index (χ1v) is 12.7. The highest BCUT2D eigenvalue weighted by Gasteiger charge is 2.72. The number of benzene rings is 1. The molecule has 5 aliphatic carbocycles. The molecule has 3 N–H and O–H groups in total. The molecule has 1 aromatic carbocycles. The zero-order valence-electron chi connectivity index (χ0n) is 17.6. The van der Waals surface area contributed by atoms with Gasteiger partial charge in [-0.1, -0.05) is 6.07 Å². The number of hydrogen-bond donors (Lipinski definition) is 2. The van der Waals surface area contributed by atoms with E-state index in [1.165, 1.54) is 22.3 Å². The summed E-state index contributed by atoms with van der Waals surface area (Å²) in [5, 5.41) is 16.4. The monoisotopic (exact) mass is 416 g/mol. The average molecular weight is 417 g/mol. The van der Waals surface area contributed by atoms with Crippen LogP contribution in [-0.2, 0) is 46.8 Å². The molecule has 5 nitrogen and oxygen atoms in total. The van der Waals surface area contributed by atoms with Crippen molar-refractivity contribution in [2.45, 2.75) is 83.7 Å². The molecule has 6 heteroatoms. The van der Waals surface area contributed by atoms with Gasteiger partial charge >= 0.3 is 0 Å². The Morgan fingerprint density at radius 3 is 2.21 bits per heavy atom. The Morgan fingerprint density at radius 2 is 1.69 bits per heavy atom. The van der Waals surface area contributed by atoms with Crippen molar-refractivity contribution in [3.8, 4) is 0 Å². The fourth-order valence-electron chi connectivity index (χ4n) is 6.77. The number of amides is 1. The minimum atomic E-state index is -3.04. The van der Waals surface area contributed by atoms with E-state index in [2.05, 4.69) is 10.4 Å². The highest BCUT2D eigenvalue weighted by molar-refractivity contribution is 7.91. The largest absolute Gasteiger partial charge is 0.390 e. The third-order valence-corrected chi connectivity index (χ3v) is 9.67. The van der Waals surface area contributed by atoms with Crippen LogP contribution in [0.5, 0.6) is 0 Å². The Labute approximate surface area is 173 Å². The predicted octanol–water partition coefficient (Wildman–Crippen LogP) is 3.02. The van der Waals surface area contributed by atoms with Crippen LogP contribution >= 0.6 is 0 Å². The first kappa shape index (κ1) is 19.7. The molecule has 0 aliphatic heterocycles. The molecular weight excluding hydrogens is 384 g/mol. The van der Waals surface area contributed by atoms with Crippen LogP contribution in [0.1, 0.15) is 73.8 Å². The summed E-state index contributed by atoms with van der Waals surface area (Å²) in [5.74, 6) is -0.0649. The van der Waals surface area contributed by atoms with Gasteiger partial charge in [-0.25, -0.2) is 9.35 Å². The molecule has 1 atom stereocenters. The fraction of sp³-hybridized carbons (Fsp3) is 0.696. The zero-order valence-corrected chi connectivity index (χ0v) is 18.4. The topological polar surface area (TPSA) is 92.8 Å². The number of hydrogen-bond acceptors (Lipinski definition) is 3. The minimum Gasteiger partial charge on any atom is -0.390 e. The lowest BCUT2D eigenvalue weighted by molar-refractivity contribution is -0.276. The lowest BCUT2D eigenvalue weighted by Crippen LogP contribution is -2.72. The van der Waals surface area contributed by atoms with Crippen molar-refractivity contribution >= 4 is 15.8 Å². The summed E-state index contributed by atoms with van der Waals surface area (Å²) >= 11 is 0. The van der Waals surface area contributed by atoms with Crippen LogP contribution in [0.15, 0.2) is 10.4 Å². The van der Waals surface area contributed by atoms with E-state index >= 15 is 0 Å². The Morgan fingerprint density at radius 1 is 1.14 bits per heavy atom. The minimum absolute atomic E-state index is 0.0579. The molecule has 3 saturated carbocycles. The highest BCUT2D eigenvalue weighted by atomic mass is 32.2. The molecule has 0 heterocycles. The summed E-state index contributed by atoms with van der Waals surface area (Å²) in [4.78, 5) is 12.8. The van der Waals surface area contributed by atoms with E-state index in [4.69, 9.17) is 5.14 Å². The van der Waals surface area contributed by atoms with E-state index in [0.29, 0.717) is 0 Å². The highest BCUT2D eigenvalue weighted by Crippen LogP contribution is 2.77. The van der Waals surface area contributed by atoms with Crippen molar-refractivity contribution in [1.29, 1.82) is 0 Å². The molecule has 29 heavy (non-hydrogen) atoms. The number of carbonyl (C=O) groups is 1. The van der Waals surface area contributed by atoms with Crippen molar-refractivity contribution in [2.75, 3.05) is 5.75 Å². The second kappa shape index (κ2) is 6.14. The molecule has 0 spiro atoms. The molecule has 158 valence electrons. The average Bonchev–Trinajstić information content (AvgIpc) is 3.16. The van der Waals surface area contributed by atoms with E-state index in [9.17, 15) is 14.1 Å². The van der Waals surface area contributed by atoms with Gasteiger partial charge in [0.15, 0.2) is 0 Å². The van der Waals surface area contributed by atoms with Gasteiger partial charge in [0.25, 0.3) is 5.91 Å². The quantitative estimate of drug-likeness (QED) is 0.773. The van der Waals surface area contributed by atoms with Gasteiger partial charge < -0.3 is 5.11 Å². The maximum Gasteiger partial charge on any atom is 0.259 e. The molecule has 1 unspecified atom stereocenters. The van der Waals surface area contributed by atoms with E-state index < -0.39 is 15.5 Å². The molecule has 5 aliphatic rings. The number of nitrogens with two attached hydrogens (primary N) is 1. The van der Waals surface area contributed by atoms with E-state index in [-0.39, 0.29) is 28.9 Å². The first-order valence-electron chi connectivity index (χ1n) is 10.9. The summed E-state index contributed by atoms with van der Waals surface area (Å²) in [6.45, 7) is 3.70. The van der Waals surface area contributed by atoms with Crippen LogP contribution in [-0.4, -0.2) is 26.6 Å². The van der Waals surface area contributed by atoms with E-state index in [1.54, 1.807) is 0 Å². The normalized spacial score (nSPS) is 31.3. The summed E-state index contributed by atoms with van der Waals surface area (Å²) in [5.41, 5.74) is 5.75. The van der Waals surface area contributed by atoms with Crippen LogP contribution in [0.4, 0.5) is 0 Å². The lowest BCUT2D eigenvalue weighted by Gasteiger charge is -2.74. The predicted molar refractivity (Wildman–Crippen MR) is 114 cm³/mol. The number of rotatable bonds is 5. The van der Waals surface area contributed by atoms with Crippen molar-refractivity contribution in [2.24, 2.45) is 20.3 Å². The Balaban J connectivity index is 1.33. The van der Waals surface area contributed by atoms with Crippen LogP contribution in [0, 0.1) is 10.8 Å². The van der Waals surface area contributed by atoms with Crippen molar-refractivity contribution < 1.29 is 14.1 Å². The molecule has 1 amide bonds. The second-order valence-corrected chi connectivity index (χ2v) is 12.6. The fourth-order valence-corrected chi connectivity index (χ4v) is 8.43. The smallest absolute Gasteiger partial charge is 0.259 e. The zero-order chi connectivity index (χ0) is 20.7. The Kier molecular flexibility index (Phi) is 4.18. The van der Waals surface area contributed by atoms with Crippen molar-refractivity contribution in [3.63, 3.8) is 0 Å². The van der Waals surface area contributed by atoms with Gasteiger partial charge in [-0.3, -0.25) is 4.79 Å². The first-order chi connectivity index (χ1) is 13.5. The third-order valence-electron chi connectivity index (χ3n) is 8.13. The molecule has 3 fully saturated rings. The lowest BCUT2D eigenvalue weighted by atomic mass is 9.32. The number of aryl methyl sites for hydroxylation is 2. The van der Waals surface area contributed by atoms with Gasteiger partial charge in [0.1, 0.15) is 9.92 Å². The molecule has 2 bridgehead atoms. The Bertz CT molecular complexity index is 976. The van der Waals surface area contributed by atoms with Gasteiger partial charge in [0.05, 0.1) is 17.8 Å². The summed E-state index contributed by atoms with van der Waals surface area (Å²) in [7, 11) is -3.04. The number of nitrogens with zero attached hydrogens (tertiary/aromatic N) is 1. The van der Waals surface area contributed by atoms with Crippen molar-refractivity contribution in [3.05, 3.63) is 33.9 Å². The molecule has 0 saturated heterocycles. The summed E-state index contributed by atoms with van der Waals surface area (Å²) in [6.07, 6.45) is 9.30. The number of fused-ring (bicyclic) bond motifs is 2. The number of carbonyl (C=O) groups excluding carboxylic acids is 1. The van der Waals surface area contributed by atoms with Gasteiger partial charge in [0, 0.05) is 5.41 Å². The molecular formula is C23H32N2O3S. The second-order valence-electron chi connectivity index (χ2n) is 10.7. The maximum absolute atomic E-state index is 13.0. The maximum atomic E-state index is 13.0. The number of aliphatic hydroxyl groups is 1. The SMILES string of the molecule is CC(C)(O)C12CC(CS(N)(=O)=NC(=O)Cc3c4c(cc5c3CCC5)CCC4)(C1)C2. The van der Waals surface area contributed by atoms with Gasteiger partial charge in [-0.15, -0.1) is 4.36 Å². The summed E-state index contributed by atoms with van der Waals surface area (Å²) in [6, 6.07) is 2.35. The molecule has 0 radical (unpaired) electrons. The molecule has 6 rings (SSSR count). The van der Waals surface area contributed by atoms with Crippen LogP contribution in [0.2, 0.25) is 0 Å². The van der Waals surface area contributed by atoms with Gasteiger partial charge in [-0.2, -0.15) is 0 Å². The third kappa shape index (κ3) is 3.10. The van der Waals surface area contributed by atoms with Crippen LogP contribution in [0.25, 0.3) is 0 Å². The van der Waals surface area contributed by atoms with Gasteiger partial charge in [0.2, 0.25) is 0 Å². The summed E-state index contributed by atoms with van der Waals surface area (Å²) < 4.78 is 17.0. The standard InChI is InChI=1S/C23H32N2O3S/c1-21(2,27)23-11-22(12-23,13-23)14-29(24,28)25-20(26)10-19-17-7-3-5-15(17)9-16-6-4-8-18(16)19/h9,27H,3-8,10-14H2,1-2H3,(H2,24,25,26,28). The van der Waals surface area contributed by atoms with E-state index in [1.807, 2.05) is 13.8 Å². The van der Waals surface area contributed by atoms with E-state index in [0.717, 1.165) is 63.4 Å². The van der Waals surface area contributed by atoms with Crippen LogP contribution in [0.3, 0.4) is 0 Å².